The van der Waals surface area contributed by atoms with Gasteiger partial charge in [-0.25, -0.2) is 9.59 Å². The highest BCUT2D eigenvalue weighted by Gasteiger charge is 2.30. The summed E-state index contributed by atoms with van der Waals surface area (Å²) in [5, 5.41) is 10.4. The van der Waals surface area contributed by atoms with Gasteiger partial charge in [0.2, 0.25) is 0 Å². The van der Waals surface area contributed by atoms with E-state index in [0.29, 0.717) is 19.1 Å². The normalized spacial score (nSPS) is 23.0. The van der Waals surface area contributed by atoms with Gasteiger partial charge in [-0.05, 0) is 13.3 Å². The average Bonchev–Trinajstić information content (AvgIpc) is 2.71. The number of hydrogen-bond acceptors (Lipinski definition) is 4. The zero-order valence-electron chi connectivity index (χ0n) is 10.3. The van der Waals surface area contributed by atoms with Crippen LogP contribution < -0.4 is 5.32 Å². The van der Waals surface area contributed by atoms with Gasteiger partial charge in [-0.1, -0.05) is 0 Å². The first-order valence-corrected chi connectivity index (χ1v) is 5.52. The summed E-state index contributed by atoms with van der Waals surface area (Å²) in [5.74, 6) is -2.01. The highest BCUT2D eigenvalue weighted by molar-refractivity contribution is 6.02. The molecule has 1 saturated heterocycles. The molecule has 3 amide bonds. The summed E-state index contributed by atoms with van der Waals surface area (Å²) in [6, 6.07) is -0.654. The Morgan fingerprint density at radius 2 is 2.06 bits per heavy atom. The predicted molar refractivity (Wildman–Crippen MR) is 61.9 cm³/mol. The van der Waals surface area contributed by atoms with Gasteiger partial charge in [0.25, 0.3) is 5.91 Å². The molecule has 0 saturated carbocycles. The van der Waals surface area contributed by atoms with Crippen LogP contribution in [0, 0.1) is 0 Å². The molecule has 2 atom stereocenters. The lowest BCUT2D eigenvalue weighted by molar-refractivity contribution is -0.131. The molecule has 7 nitrogen and oxygen atoms in total. The van der Waals surface area contributed by atoms with Crippen LogP contribution in [-0.2, 0) is 14.3 Å². The molecule has 1 rings (SSSR count). The van der Waals surface area contributed by atoms with Gasteiger partial charge in [0.1, 0.15) is 0 Å². The van der Waals surface area contributed by atoms with Crippen LogP contribution in [0.5, 0.6) is 0 Å². The number of urea groups is 1. The molecule has 2 N–H and O–H groups in total. The Bertz CT molecular complexity index is 380. The molecule has 1 aliphatic rings. The Labute approximate surface area is 104 Å². The van der Waals surface area contributed by atoms with E-state index in [4.69, 9.17) is 9.84 Å². The number of carboxylic acid groups (broad SMARTS) is 1. The third-order valence-electron chi connectivity index (χ3n) is 2.76. The van der Waals surface area contributed by atoms with E-state index in [1.165, 1.54) is 4.90 Å². The topological polar surface area (TPSA) is 95.9 Å². The minimum Gasteiger partial charge on any atom is -0.478 e. The smallest absolute Gasteiger partial charge is 0.328 e. The van der Waals surface area contributed by atoms with Gasteiger partial charge in [0.05, 0.1) is 12.1 Å². The summed E-state index contributed by atoms with van der Waals surface area (Å²) in [7, 11) is 1.57. The molecule has 0 aliphatic carbocycles. The van der Waals surface area contributed by atoms with Crippen molar-refractivity contribution in [3.05, 3.63) is 12.2 Å². The first kappa shape index (κ1) is 14.2. The second kappa shape index (κ2) is 6.15. The number of aliphatic carboxylic acids is 1. The highest BCUT2D eigenvalue weighted by atomic mass is 16.5. The lowest BCUT2D eigenvalue weighted by atomic mass is 10.1. The average molecular weight is 256 g/mol. The van der Waals surface area contributed by atoms with Crippen LogP contribution in [0.2, 0.25) is 0 Å². The van der Waals surface area contributed by atoms with E-state index in [1.807, 2.05) is 6.92 Å². The van der Waals surface area contributed by atoms with Gasteiger partial charge < -0.3 is 14.7 Å². The van der Waals surface area contributed by atoms with Crippen molar-refractivity contribution < 1.29 is 24.2 Å². The van der Waals surface area contributed by atoms with Gasteiger partial charge in [-0.3, -0.25) is 10.1 Å². The van der Waals surface area contributed by atoms with E-state index in [9.17, 15) is 14.4 Å². The number of rotatable bonds is 3. The van der Waals surface area contributed by atoms with Crippen LogP contribution in [0.25, 0.3) is 0 Å². The minimum atomic E-state index is -1.25. The minimum absolute atomic E-state index is 0.0783. The standard InChI is InChI=1S/C11H16N2O5/c1-7-8(5-6-18-7)13(2)11(17)12-9(14)3-4-10(15)16/h3-4,7-8H,5-6H2,1-2H3,(H,15,16)(H,12,14,17)/b4-3+. The number of amides is 3. The second-order valence-electron chi connectivity index (χ2n) is 4.01. The first-order chi connectivity index (χ1) is 8.41. The molecule has 0 bridgehead atoms. The molecular formula is C11H16N2O5. The third kappa shape index (κ3) is 3.85. The molecule has 18 heavy (non-hydrogen) atoms. The number of carbonyl (C=O) groups is 3. The van der Waals surface area contributed by atoms with Gasteiger partial charge in [0.15, 0.2) is 0 Å². The molecule has 0 spiro atoms. The van der Waals surface area contributed by atoms with Crippen molar-refractivity contribution in [2.45, 2.75) is 25.5 Å². The zero-order chi connectivity index (χ0) is 13.7. The molecule has 100 valence electrons. The van der Waals surface area contributed by atoms with Crippen molar-refractivity contribution in [1.29, 1.82) is 0 Å². The summed E-state index contributed by atoms with van der Waals surface area (Å²) in [6.45, 7) is 2.43. The second-order valence-corrected chi connectivity index (χ2v) is 4.01. The monoisotopic (exact) mass is 256 g/mol. The van der Waals surface area contributed by atoms with Crippen molar-refractivity contribution in [1.82, 2.24) is 10.2 Å². The SMILES string of the molecule is CC1OCCC1N(C)C(=O)NC(=O)/C=C/C(=O)O. The van der Waals surface area contributed by atoms with E-state index < -0.39 is 17.9 Å². The zero-order valence-corrected chi connectivity index (χ0v) is 10.3. The highest BCUT2D eigenvalue weighted by Crippen LogP contribution is 2.17. The lowest BCUT2D eigenvalue weighted by Crippen LogP contribution is -2.47. The van der Waals surface area contributed by atoms with Gasteiger partial charge in [0, 0.05) is 25.8 Å². The summed E-state index contributed by atoms with van der Waals surface area (Å²) in [6.07, 6.45) is 2.10. The number of nitrogens with one attached hydrogen (secondary N) is 1. The fourth-order valence-electron chi connectivity index (χ4n) is 1.76. The van der Waals surface area contributed by atoms with Gasteiger partial charge in [-0.2, -0.15) is 0 Å². The molecule has 7 heteroatoms. The Balaban J connectivity index is 2.49. The fraction of sp³-hybridized carbons (Fsp3) is 0.545. The van der Waals surface area contributed by atoms with Crippen LogP contribution in [0.3, 0.4) is 0 Å². The van der Waals surface area contributed by atoms with Crippen LogP contribution in [0.4, 0.5) is 4.79 Å². The summed E-state index contributed by atoms with van der Waals surface area (Å²) in [5.41, 5.74) is 0. The molecular weight excluding hydrogens is 240 g/mol. The number of likely N-dealkylation sites (N-methyl/N-ethyl adjacent to an activating group) is 1. The predicted octanol–water partition coefficient (Wildman–Crippen LogP) is -0.0274. The Morgan fingerprint density at radius 1 is 1.39 bits per heavy atom. The summed E-state index contributed by atoms with van der Waals surface area (Å²) in [4.78, 5) is 34.5. The van der Waals surface area contributed by atoms with Crippen LogP contribution in [-0.4, -0.2) is 53.7 Å². The molecule has 2 unspecified atom stereocenters. The molecule has 0 radical (unpaired) electrons. The van der Waals surface area contributed by atoms with Crippen LogP contribution >= 0.6 is 0 Å². The summed E-state index contributed by atoms with van der Waals surface area (Å²) < 4.78 is 5.32. The molecule has 0 aromatic heterocycles. The van der Waals surface area contributed by atoms with E-state index >= 15 is 0 Å². The Morgan fingerprint density at radius 3 is 2.56 bits per heavy atom. The van der Waals surface area contributed by atoms with Crippen molar-refractivity contribution >= 4 is 17.9 Å². The van der Waals surface area contributed by atoms with Crippen molar-refractivity contribution in [3.8, 4) is 0 Å². The van der Waals surface area contributed by atoms with Crippen molar-refractivity contribution in [2.24, 2.45) is 0 Å². The molecule has 1 aliphatic heterocycles. The number of nitrogens with zero attached hydrogens (tertiary/aromatic N) is 1. The van der Waals surface area contributed by atoms with E-state index in [0.717, 1.165) is 6.08 Å². The number of carboxylic acids is 1. The van der Waals surface area contributed by atoms with Gasteiger partial charge in [-0.15, -0.1) is 0 Å². The first-order valence-electron chi connectivity index (χ1n) is 5.52. The molecule has 1 fully saturated rings. The number of hydrogen-bond donors (Lipinski definition) is 2. The maximum absolute atomic E-state index is 11.7. The maximum Gasteiger partial charge on any atom is 0.328 e. The van der Waals surface area contributed by atoms with Gasteiger partial charge >= 0.3 is 12.0 Å². The lowest BCUT2D eigenvalue weighted by Gasteiger charge is -2.26. The summed E-state index contributed by atoms with van der Waals surface area (Å²) >= 11 is 0. The largest absolute Gasteiger partial charge is 0.478 e. The van der Waals surface area contributed by atoms with Crippen molar-refractivity contribution in [2.75, 3.05) is 13.7 Å². The van der Waals surface area contributed by atoms with E-state index in [2.05, 4.69) is 5.32 Å². The number of ether oxygens (including phenoxy) is 1. The molecule has 1 heterocycles. The van der Waals surface area contributed by atoms with E-state index in [1.54, 1.807) is 7.05 Å². The quantitative estimate of drug-likeness (QED) is 0.691. The third-order valence-corrected chi connectivity index (χ3v) is 2.76. The van der Waals surface area contributed by atoms with Crippen LogP contribution in [0.1, 0.15) is 13.3 Å². The number of carbonyl (C=O) groups excluding carboxylic acids is 2. The molecule has 0 aromatic rings. The van der Waals surface area contributed by atoms with E-state index in [-0.39, 0.29) is 12.1 Å². The van der Waals surface area contributed by atoms with Crippen LogP contribution in [0.15, 0.2) is 12.2 Å². The number of imide groups is 1. The van der Waals surface area contributed by atoms with Crippen molar-refractivity contribution in [3.63, 3.8) is 0 Å². The Hall–Kier alpha value is -1.89. The molecule has 0 aromatic carbocycles. The Kier molecular flexibility index (Phi) is 4.85. The maximum atomic E-state index is 11.7. The fourth-order valence-corrected chi connectivity index (χ4v) is 1.76.